The fourth-order valence-electron chi connectivity index (χ4n) is 3.33. The third-order valence-corrected chi connectivity index (χ3v) is 8.35. The van der Waals surface area contributed by atoms with Crippen LogP contribution in [0.3, 0.4) is 0 Å². The van der Waals surface area contributed by atoms with Gasteiger partial charge >= 0.3 is 24.1 Å². The zero-order valence-electron chi connectivity index (χ0n) is 24.2. The summed E-state index contributed by atoms with van der Waals surface area (Å²) in [7, 11) is 0. The molecule has 3 rings (SSSR count). The lowest BCUT2D eigenvalue weighted by Crippen LogP contribution is -2.27. The molecule has 0 aliphatic carbocycles. The molecule has 41 heavy (non-hydrogen) atoms. The van der Waals surface area contributed by atoms with Crippen molar-refractivity contribution in [2.75, 3.05) is 23.8 Å². The molecular formula is C28H34N2O8S3. The first-order valence-corrected chi connectivity index (χ1v) is 15.3. The second-order valence-electron chi connectivity index (χ2n) is 10.6. The molecule has 0 radical (unpaired) electrons. The molecule has 0 saturated heterocycles. The monoisotopic (exact) mass is 622 g/mol. The van der Waals surface area contributed by atoms with E-state index in [1.165, 1.54) is 34.0 Å². The molecule has 0 saturated carbocycles. The smallest absolute Gasteiger partial charge is 0.412 e. The Hall–Kier alpha value is -3.42. The lowest BCUT2D eigenvalue weighted by Gasteiger charge is -2.19. The first kappa shape index (κ1) is 32.1. The van der Waals surface area contributed by atoms with Crippen LogP contribution in [-0.4, -0.2) is 48.5 Å². The van der Waals surface area contributed by atoms with E-state index in [4.69, 9.17) is 18.9 Å². The van der Waals surface area contributed by atoms with Gasteiger partial charge in [0.1, 0.15) is 21.2 Å². The van der Waals surface area contributed by atoms with Crippen LogP contribution in [0.5, 0.6) is 0 Å². The van der Waals surface area contributed by atoms with Crippen molar-refractivity contribution < 1.29 is 38.1 Å². The third-order valence-electron chi connectivity index (χ3n) is 4.78. The maximum Gasteiger partial charge on any atom is 0.412 e. The largest absolute Gasteiger partial charge is 0.462 e. The lowest BCUT2D eigenvalue weighted by molar-refractivity contribution is 0.0517. The van der Waals surface area contributed by atoms with E-state index in [-0.39, 0.29) is 24.3 Å². The zero-order valence-corrected chi connectivity index (χ0v) is 26.7. The Kier molecular flexibility index (Phi) is 10.2. The Morgan fingerprint density at radius 1 is 0.634 bits per heavy atom. The lowest BCUT2D eigenvalue weighted by atomic mass is 10.2. The zero-order chi connectivity index (χ0) is 30.5. The maximum atomic E-state index is 12.6. The quantitative estimate of drug-likeness (QED) is 0.190. The molecule has 0 bridgehead atoms. The van der Waals surface area contributed by atoms with E-state index < -0.39 is 35.3 Å². The molecule has 10 nitrogen and oxygen atoms in total. The first-order chi connectivity index (χ1) is 19.1. The van der Waals surface area contributed by atoms with Gasteiger partial charge in [-0.2, -0.15) is 0 Å². The second-order valence-corrected chi connectivity index (χ2v) is 13.8. The number of nitrogens with one attached hydrogen (secondary N) is 2. The Balaban J connectivity index is 1.94. The number of anilines is 2. The van der Waals surface area contributed by atoms with Gasteiger partial charge in [0.15, 0.2) is 0 Å². The van der Waals surface area contributed by atoms with Crippen molar-refractivity contribution >= 4 is 68.1 Å². The van der Waals surface area contributed by atoms with Crippen LogP contribution in [0, 0.1) is 0 Å². The number of thiophene rings is 3. The minimum atomic E-state index is -0.711. The number of hydrogen-bond donors (Lipinski definition) is 2. The van der Waals surface area contributed by atoms with Crippen LogP contribution in [0.15, 0.2) is 24.3 Å². The van der Waals surface area contributed by atoms with Gasteiger partial charge in [0.05, 0.1) is 24.3 Å². The molecule has 0 aromatic carbocycles. The van der Waals surface area contributed by atoms with E-state index in [0.29, 0.717) is 10.0 Å². The Morgan fingerprint density at radius 3 is 1.32 bits per heavy atom. The molecule has 2 N–H and O–H groups in total. The van der Waals surface area contributed by atoms with E-state index >= 15 is 0 Å². The van der Waals surface area contributed by atoms with Crippen LogP contribution < -0.4 is 10.6 Å². The molecule has 3 aromatic rings. The number of ether oxygens (including phenoxy) is 4. The van der Waals surface area contributed by atoms with Crippen LogP contribution in [-0.2, 0) is 18.9 Å². The molecule has 0 unspecified atom stereocenters. The summed E-state index contributed by atoms with van der Waals surface area (Å²) in [5.41, 5.74) is -0.983. The van der Waals surface area contributed by atoms with Gasteiger partial charge in [0.25, 0.3) is 0 Å². The number of esters is 2. The third kappa shape index (κ3) is 9.03. The van der Waals surface area contributed by atoms with Crippen molar-refractivity contribution in [3.05, 3.63) is 35.4 Å². The standard InChI is InChI=1S/C28H34N2O8S3/c1-9-35-23(31)15-13-19(40-21(15)29-25(33)37-27(3,4)5)17-11-12-18(39-17)20-14-16(24(32)36-10-2)22(41-20)30-26(34)38-28(6,7)8/h11-14H,9-10H2,1-8H3,(H,29,33)(H,30,34). The summed E-state index contributed by atoms with van der Waals surface area (Å²) < 4.78 is 21.1. The highest BCUT2D eigenvalue weighted by Crippen LogP contribution is 2.44. The maximum absolute atomic E-state index is 12.6. The van der Waals surface area contributed by atoms with Gasteiger partial charge in [-0.05, 0) is 79.7 Å². The Morgan fingerprint density at radius 2 is 1.00 bits per heavy atom. The van der Waals surface area contributed by atoms with Crippen molar-refractivity contribution in [3.63, 3.8) is 0 Å². The molecule has 0 aliphatic heterocycles. The van der Waals surface area contributed by atoms with Crippen LogP contribution in [0.4, 0.5) is 19.6 Å². The second kappa shape index (κ2) is 13.0. The molecule has 0 aliphatic rings. The van der Waals surface area contributed by atoms with Crippen molar-refractivity contribution in [1.82, 2.24) is 0 Å². The van der Waals surface area contributed by atoms with Crippen LogP contribution in [0.25, 0.3) is 19.5 Å². The molecule has 3 aromatic heterocycles. The highest BCUT2D eigenvalue weighted by molar-refractivity contribution is 7.28. The molecule has 222 valence electrons. The Labute approximate surface area is 251 Å². The Bertz CT molecular complexity index is 1320. The van der Waals surface area contributed by atoms with Gasteiger partial charge in [-0.1, -0.05) is 0 Å². The highest BCUT2D eigenvalue weighted by atomic mass is 32.1. The highest BCUT2D eigenvalue weighted by Gasteiger charge is 2.25. The van der Waals surface area contributed by atoms with E-state index in [1.54, 1.807) is 67.5 Å². The summed E-state index contributed by atoms with van der Waals surface area (Å²) in [5, 5.41) is 5.95. The summed E-state index contributed by atoms with van der Waals surface area (Å²) in [5.74, 6) is -1.12. The SMILES string of the molecule is CCOC(=O)c1cc(-c2ccc(-c3cc(C(=O)OCC)c(NC(=O)OC(C)(C)C)s3)s2)sc1NC(=O)OC(C)(C)C. The normalized spacial score (nSPS) is 11.5. The summed E-state index contributed by atoms with van der Waals surface area (Å²) in [4.78, 5) is 53.2. The van der Waals surface area contributed by atoms with E-state index in [9.17, 15) is 19.2 Å². The van der Waals surface area contributed by atoms with E-state index in [1.807, 2.05) is 12.1 Å². The van der Waals surface area contributed by atoms with Crippen molar-refractivity contribution in [1.29, 1.82) is 0 Å². The van der Waals surface area contributed by atoms with Crippen molar-refractivity contribution in [3.8, 4) is 19.5 Å². The number of hydrogen-bond acceptors (Lipinski definition) is 11. The van der Waals surface area contributed by atoms with Gasteiger partial charge in [0.2, 0.25) is 0 Å². The fraction of sp³-hybridized carbons (Fsp3) is 0.429. The minimum absolute atomic E-state index is 0.180. The van der Waals surface area contributed by atoms with Gasteiger partial charge in [-0.3, -0.25) is 10.6 Å². The molecule has 2 amide bonds. The van der Waals surface area contributed by atoms with Crippen LogP contribution >= 0.6 is 34.0 Å². The van der Waals surface area contributed by atoms with Crippen LogP contribution in [0.2, 0.25) is 0 Å². The predicted molar refractivity (Wildman–Crippen MR) is 163 cm³/mol. The van der Waals surface area contributed by atoms with Crippen molar-refractivity contribution in [2.45, 2.75) is 66.6 Å². The minimum Gasteiger partial charge on any atom is -0.462 e. The fourth-order valence-corrected chi connectivity index (χ4v) is 6.56. The average Bonchev–Trinajstić information content (AvgIpc) is 3.55. The summed E-state index contributed by atoms with van der Waals surface area (Å²) in [6.07, 6.45) is -1.36. The van der Waals surface area contributed by atoms with Crippen molar-refractivity contribution in [2.24, 2.45) is 0 Å². The molecule has 0 fully saturated rings. The average molecular weight is 623 g/mol. The van der Waals surface area contributed by atoms with Gasteiger partial charge < -0.3 is 18.9 Å². The molecular weight excluding hydrogens is 589 g/mol. The number of amides is 2. The number of rotatable bonds is 8. The van der Waals surface area contributed by atoms with Gasteiger partial charge in [-0.25, -0.2) is 19.2 Å². The first-order valence-electron chi connectivity index (χ1n) is 12.8. The summed E-state index contributed by atoms with van der Waals surface area (Å²) >= 11 is 3.85. The summed E-state index contributed by atoms with van der Waals surface area (Å²) in [6, 6.07) is 7.09. The van der Waals surface area contributed by atoms with Gasteiger partial charge in [-0.15, -0.1) is 34.0 Å². The molecule has 3 heterocycles. The molecule has 0 spiro atoms. The van der Waals surface area contributed by atoms with E-state index in [0.717, 1.165) is 19.5 Å². The molecule has 13 heteroatoms. The number of carbonyl (C=O) groups is 4. The van der Waals surface area contributed by atoms with Gasteiger partial charge in [0, 0.05) is 19.5 Å². The number of carbonyl (C=O) groups excluding carboxylic acids is 4. The van der Waals surface area contributed by atoms with E-state index in [2.05, 4.69) is 10.6 Å². The molecule has 0 atom stereocenters. The topological polar surface area (TPSA) is 129 Å². The summed E-state index contributed by atoms with van der Waals surface area (Å²) in [6.45, 7) is 14.3. The predicted octanol–water partition coefficient (Wildman–Crippen LogP) is 8.25. The van der Waals surface area contributed by atoms with Crippen LogP contribution in [0.1, 0.15) is 76.1 Å².